The van der Waals surface area contributed by atoms with Crippen LogP contribution in [0.2, 0.25) is 0 Å². The summed E-state index contributed by atoms with van der Waals surface area (Å²) in [4.78, 5) is 16.0. The summed E-state index contributed by atoms with van der Waals surface area (Å²) >= 11 is 3.37. The lowest BCUT2D eigenvalue weighted by molar-refractivity contribution is 0.0951. The first-order chi connectivity index (χ1) is 9.70. The number of aryl methyl sites for hydroxylation is 1. The predicted molar refractivity (Wildman–Crippen MR) is 79.9 cm³/mol. The molecule has 1 amide bonds. The van der Waals surface area contributed by atoms with Crippen LogP contribution in [0.25, 0.3) is 0 Å². The summed E-state index contributed by atoms with van der Waals surface area (Å²) in [5.41, 5.74) is 0.576. The lowest BCUT2D eigenvalue weighted by Gasteiger charge is -2.09. The number of nitrogens with zero attached hydrogens (tertiary/aromatic N) is 2. The molecule has 0 bridgehead atoms. The van der Waals surface area contributed by atoms with Crippen molar-refractivity contribution in [2.45, 2.75) is 13.0 Å². The third kappa shape index (κ3) is 3.84. The highest BCUT2D eigenvalue weighted by Crippen LogP contribution is 2.22. The number of benzene rings is 1. The molecule has 0 radical (unpaired) electrons. The molecule has 106 valence electrons. The monoisotopic (exact) mass is 337 g/mol. The minimum Gasteiger partial charge on any atom is -0.497 e. The fourth-order valence-electron chi connectivity index (χ4n) is 1.78. The Kier molecular flexibility index (Phi) is 5.17. The number of amides is 1. The van der Waals surface area contributed by atoms with E-state index in [0.29, 0.717) is 17.9 Å². The second-order valence-electron chi connectivity index (χ2n) is 4.26. The molecule has 0 aliphatic heterocycles. The van der Waals surface area contributed by atoms with Crippen molar-refractivity contribution < 1.29 is 9.53 Å². The Labute approximate surface area is 126 Å². The van der Waals surface area contributed by atoms with Crippen LogP contribution in [0.5, 0.6) is 5.75 Å². The zero-order chi connectivity index (χ0) is 14.4. The van der Waals surface area contributed by atoms with Crippen LogP contribution >= 0.6 is 15.9 Å². The number of hydrogen-bond acceptors (Lipinski definition) is 3. The Morgan fingerprint density at radius 2 is 2.35 bits per heavy atom. The van der Waals surface area contributed by atoms with Gasteiger partial charge in [-0.25, -0.2) is 4.98 Å². The van der Waals surface area contributed by atoms with Crippen LogP contribution in [0.1, 0.15) is 16.8 Å². The number of rotatable bonds is 6. The first-order valence-electron chi connectivity index (χ1n) is 6.28. The van der Waals surface area contributed by atoms with Crippen molar-refractivity contribution in [3.63, 3.8) is 0 Å². The lowest BCUT2D eigenvalue weighted by atomic mass is 10.2. The highest BCUT2D eigenvalue weighted by atomic mass is 79.9. The Hall–Kier alpha value is -1.82. The SMILES string of the molecule is COc1ccc(Br)c(C(=O)NCCCn2ccnc2)c1. The first-order valence-corrected chi connectivity index (χ1v) is 7.07. The van der Waals surface area contributed by atoms with Crippen molar-refractivity contribution in [2.24, 2.45) is 0 Å². The number of imidazole rings is 1. The van der Waals surface area contributed by atoms with E-state index in [1.165, 1.54) is 0 Å². The van der Waals surface area contributed by atoms with Gasteiger partial charge in [0.1, 0.15) is 5.75 Å². The normalized spacial score (nSPS) is 10.3. The van der Waals surface area contributed by atoms with Crippen LogP contribution in [0, 0.1) is 0 Å². The Balaban J connectivity index is 1.85. The molecule has 0 aliphatic rings. The molecule has 2 rings (SSSR count). The largest absolute Gasteiger partial charge is 0.497 e. The topological polar surface area (TPSA) is 56.1 Å². The maximum absolute atomic E-state index is 12.1. The summed E-state index contributed by atoms with van der Waals surface area (Å²) in [5, 5.41) is 2.90. The van der Waals surface area contributed by atoms with Crippen molar-refractivity contribution in [1.82, 2.24) is 14.9 Å². The molecule has 1 aromatic carbocycles. The average Bonchev–Trinajstić information content (AvgIpc) is 2.97. The van der Waals surface area contributed by atoms with Gasteiger partial charge in [0.25, 0.3) is 5.91 Å². The Bertz CT molecular complexity index is 570. The molecule has 1 N–H and O–H groups in total. The quantitative estimate of drug-likeness (QED) is 0.824. The van der Waals surface area contributed by atoms with Gasteiger partial charge in [-0.2, -0.15) is 0 Å². The van der Waals surface area contributed by atoms with Crippen LogP contribution < -0.4 is 10.1 Å². The summed E-state index contributed by atoms with van der Waals surface area (Å²) in [6.07, 6.45) is 6.26. The predicted octanol–water partition coefficient (Wildman–Crippen LogP) is 2.47. The third-order valence-corrected chi connectivity index (χ3v) is 3.55. The highest BCUT2D eigenvalue weighted by Gasteiger charge is 2.10. The van der Waals surface area contributed by atoms with Crippen molar-refractivity contribution in [3.8, 4) is 5.75 Å². The van der Waals surface area contributed by atoms with Crippen LogP contribution in [-0.2, 0) is 6.54 Å². The highest BCUT2D eigenvalue weighted by molar-refractivity contribution is 9.10. The summed E-state index contributed by atoms with van der Waals surface area (Å²) in [6, 6.07) is 5.33. The maximum atomic E-state index is 12.1. The molecule has 0 fully saturated rings. The molecule has 5 nitrogen and oxygen atoms in total. The minimum absolute atomic E-state index is 0.110. The summed E-state index contributed by atoms with van der Waals surface area (Å²) in [7, 11) is 1.58. The number of carbonyl (C=O) groups excluding carboxylic acids is 1. The minimum atomic E-state index is -0.110. The third-order valence-electron chi connectivity index (χ3n) is 2.86. The van der Waals surface area contributed by atoms with E-state index in [0.717, 1.165) is 17.4 Å². The fraction of sp³-hybridized carbons (Fsp3) is 0.286. The molecule has 0 aliphatic carbocycles. The van der Waals surface area contributed by atoms with E-state index in [2.05, 4.69) is 26.2 Å². The van der Waals surface area contributed by atoms with Gasteiger partial charge in [0, 0.05) is 30.0 Å². The number of ether oxygens (including phenoxy) is 1. The molecule has 0 saturated heterocycles. The summed E-state index contributed by atoms with van der Waals surface area (Å²) in [5.74, 6) is 0.554. The van der Waals surface area contributed by atoms with E-state index in [4.69, 9.17) is 4.74 Å². The summed E-state index contributed by atoms with van der Waals surface area (Å²) in [6.45, 7) is 1.44. The first kappa shape index (κ1) is 14.6. The van der Waals surface area contributed by atoms with E-state index in [1.54, 1.807) is 37.8 Å². The Morgan fingerprint density at radius 3 is 3.05 bits per heavy atom. The van der Waals surface area contributed by atoms with Gasteiger partial charge in [-0.1, -0.05) is 0 Å². The molecule has 20 heavy (non-hydrogen) atoms. The van der Waals surface area contributed by atoms with E-state index in [-0.39, 0.29) is 5.91 Å². The standard InChI is InChI=1S/C14H16BrN3O2/c1-20-11-3-4-13(15)12(9-11)14(19)17-5-2-7-18-8-6-16-10-18/h3-4,6,8-10H,2,5,7H2,1H3,(H,17,19). The number of halogens is 1. The zero-order valence-electron chi connectivity index (χ0n) is 11.2. The number of carbonyl (C=O) groups is 1. The van der Waals surface area contributed by atoms with Gasteiger partial charge < -0.3 is 14.6 Å². The second-order valence-corrected chi connectivity index (χ2v) is 5.11. The van der Waals surface area contributed by atoms with Gasteiger partial charge in [-0.15, -0.1) is 0 Å². The van der Waals surface area contributed by atoms with E-state index in [9.17, 15) is 4.79 Å². The Morgan fingerprint density at radius 1 is 1.50 bits per heavy atom. The zero-order valence-corrected chi connectivity index (χ0v) is 12.8. The van der Waals surface area contributed by atoms with Gasteiger partial charge in [0.05, 0.1) is 19.0 Å². The molecule has 0 atom stereocenters. The number of methoxy groups -OCH3 is 1. The molecular formula is C14H16BrN3O2. The van der Waals surface area contributed by atoms with Crippen LogP contribution in [0.3, 0.4) is 0 Å². The molecule has 1 heterocycles. The number of hydrogen-bond donors (Lipinski definition) is 1. The number of nitrogens with one attached hydrogen (secondary N) is 1. The molecular weight excluding hydrogens is 322 g/mol. The second kappa shape index (κ2) is 7.09. The fourth-order valence-corrected chi connectivity index (χ4v) is 2.21. The van der Waals surface area contributed by atoms with Gasteiger partial charge in [-0.05, 0) is 40.5 Å². The van der Waals surface area contributed by atoms with Crippen molar-refractivity contribution >= 4 is 21.8 Å². The van der Waals surface area contributed by atoms with Gasteiger partial charge >= 0.3 is 0 Å². The van der Waals surface area contributed by atoms with Crippen LogP contribution in [0.4, 0.5) is 0 Å². The smallest absolute Gasteiger partial charge is 0.252 e. The average molecular weight is 338 g/mol. The van der Waals surface area contributed by atoms with Gasteiger partial charge in [0.2, 0.25) is 0 Å². The van der Waals surface area contributed by atoms with Crippen molar-refractivity contribution in [2.75, 3.05) is 13.7 Å². The van der Waals surface area contributed by atoms with Gasteiger partial charge in [-0.3, -0.25) is 4.79 Å². The van der Waals surface area contributed by atoms with Crippen molar-refractivity contribution in [1.29, 1.82) is 0 Å². The van der Waals surface area contributed by atoms with Crippen LogP contribution in [-0.4, -0.2) is 29.1 Å². The molecule has 6 heteroatoms. The molecule has 0 spiro atoms. The maximum Gasteiger partial charge on any atom is 0.252 e. The molecule has 0 saturated carbocycles. The number of aromatic nitrogens is 2. The van der Waals surface area contributed by atoms with Crippen LogP contribution in [0.15, 0.2) is 41.4 Å². The van der Waals surface area contributed by atoms with Crippen molar-refractivity contribution in [3.05, 3.63) is 47.0 Å². The van der Waals surface area contributed by atoms with E-state index in [1.807, 2.05) is 10.8 Å². The molecule has 0 unspecified atom stereocenters. The van der Waals surface area contributed by atoms with E-state index >= 15 is 0 Å². The van der Waals surface area contributed by atoms with E-state index < -0.39 is 0 Å². The molecule has 1 aromatic heterocycles. The summed E-state index contributed by atoms with van der Waals surface area (Å²) < 4.78 is 7.86. The molecule has 2 aromatic rings. The van der Waals surface area contributed by atoms with Gasteiger partial charge in [0.15, 0.2) is 0 Å². The lowest BCUT2D eigenvalue weighted by Crippen LogP contribution is -2.25.